The van der Waals surface area contributed by atoms with Gasteiger partial charge in [-0.2, -0.15) is 0 Å². The monoisotopic (exact) mass is 439 g/mol. The van der Waals surface area contributed by atoms with E-state index in [2.05, 4.69) is 44.0 Å². The van der Waals surface area contributed by atoms with Gasteiger partial charge in [-0.3, -0.25) is 9.69 Å². The third-order valence-corrected chi connectivity index (χ3v) is 6.48. The maximum absolute atomic E-state index is 13.0. The lowest BCUT2D eigenvalue weighted by atomic mass is 10.00. The van der Waals surface area contributed by atoms with Crippen molar-refractivity contribution in [1.29, 1.82) is 0 Å². The molecule has 2 aromatic rings. The number of rotatable bonds is 7. The SMILES string of the molecule is CN(C[C@H](O)CN1CCc2ccccc2C1)C(=O)c1cc(N(C)C2CCOCC2)ncn1. The van der Waals surface area contributed by atoms with E-state index < -0.39 is 6.10 Å². The zero-order valence-corrected chi connectivity index (χ0v) is 19.0. The lowest BCUT2D eigenvalue weighted by molar-refractivity contribution is 0.0564. The van der Waals surface area contributed by atoms with Crippen LogP contribution >= 0.6 is 0 Å². The molecule has 2 aliphatic heterocycles. The number of benzene rings is 1. The van der Waals surface area contributed by atoms with E-state index in [0.29, 0.717) is 18.3 Å². The molecule has 0 radical (unpaired) electrons. The number of nitrogens with zero attached hydrogens (tertiary/aromatic N) is 5. The summed E-state index contributed by atoms with van der Waals surface area (Å²) >= 11 is 0. The van der Waals surface area contributed by atoms with E-state index in [0.717, 1.165) is 51.4 Å². The fourth-order valence-corrected chi connectivity index (χ4v) is 4.58. The number of hydrogen-bond donors (Lipinski definition) is 1. The summed E-state index contributed by atoms with van der Waals surface area (Å²) in [4.78, 5) is 27.4. The highest BCUT2D eigenvalue weighted by molar-refractivity contribution is 5.92. The molecular weight excluding hydrogens is 406 g/mol. The van der Waals surface area contributed by atoms with Gasteiger partial charge in [-0.05, 0) is 30.4 Å². The number of amides is 1. The van der Waals surface area contributed by atoms with Gasteiger partial charge in [0.05, 0.1) is 6.10 Å². The summed E-state index contributed by atoms with van der Waals surface area (Å²) in [5.41, 5.74) is 3.05. The number of fused-ring (bicyclic) bond motifs is 1. The standard InChI is InChI=1S/C24H33N5O3/c1-27(15-21(30)16-29-10-7-18-5-3-4-6-19(18)14-29)24(31)22-13-23(26-17-25-22)28(2)20-8-11-32-12-9-20/h3-6,13,17,20-21,30H,7-12,14-16H2,1-2H3/t21-/m0/s1. The molecule has 3 heterocycles. The predicted molar refractivity (Wildman–Crippen MR) is 123 cm³/mol. The molecule has 0 saturated carbocycles. The summed E-state index contributed by atoms with van der Waals surface area (Å²) < 4.78 is 5.44. The first kappa shape index (κ1) is 22.6. The molecule has 1 amide bonds. The summed E-state index contributed by atoms with van der Waals surface area (Å²) in [7, 11) is 3.71. The molecule has 1 atom stereocenters. The van der Waals surface area contributed by atoms with Crippen molar-refractivity contribution in [1.82, 2.24) is 19.8 Å². The van der Waals surface area contributed by atoms with Crippen molar-refractivity contribution >= 4 is 11.7 Å². The average molecular weight is 440 g/mol. The Hall–Kier alpha value is -2.55. The van der Waals surface area contributed by atoms with Crippen LogP contribution in [0.1, 0.15) is 34.5 Å². The van der Waals surface area contributed by atoms with Crippen LogP contribution in [0.3, 0.4) is 0 Å². The maximum atomic E-state index is 13.0. The minimum Gasteiger partial charge on any atom is -0.390 e. The highest BCUT2D eigenvalue weighted by Crippen LogP contribution is 2.20. The Kier molecular flexibility index (Phi) is 7.34. The number of ether oxygens (including phenoxy) is 1. The number of anilines is 1. The van der Waals surface area contributed by atoms with E-state index in [9.17, 15) is 9.90 Å². The van der Waals surface area contributed by atoms with Gasteiger partial charge in [-0.15, -0.1) is 0 Å². The van der Waals surface area contributed by atoms with Gasteiger partial charge in [0.25, 0.3) is 5.91 Å². The van der Waals surface area contributed by atoms with Gasteiger partial charge in [0.1, 0.15) is 17.8 Å². The normalized spacial score (nSPS) is 18.1. The van der Waals surface area contributed by atoms with E-state index in [1.165, 1.54) is 17.5 Å². The first-order valence-corrected chi connectivity index (χ1v) is 11.4. The number of carbonyl (C=O) groups is 1. The van der Waals surface area contributed by atoms with Gasteiger partial charge in [0.15, 0.2) is 0 Å². The lowest BCUT2D eigenvalue weighted by Crippen LogP contribution is -2.43. The first-order chi connectivity index (χ1) is 15.5. The highest BCUT2D eigenvalue weighted by Gasteiger charge is 2.24. The average Bonchev–Trinajstić information content (AvgIpc) is 2.83. The maximum Gasteiger partial charge on any atom is 0.272 e. The van der Waals surface area contributed by atoms with Crippen LogP contribution in [0.2, 0.25) is 0 Å². The third kappa shape index (κ3) is 5.43. The number of aromatic nitrogens is 2. The van der Waals surface area contributed by atoms with E-state index in [4.69, 9.17) is 4.74 Å². The van der Waals surface area contributed by atoms with Gasteiger partial charge in [0, 0.05) is 65.6 Å². The molecule has 1 aromatic carbocycles. The van der Waals surface area contributed by atoms with Crippen LogP contribution in [0.15, 0.2) is 36.7 Å². The zero-order chi connectivity index (χ0) is 22.5. The van der Waals surface area contributed by atoms with Crippen LogP contribution in [0.4, 0.5) is 5.82 Å². The molecule has 0 aliphatic carbocycles. The topological polar surface area (TPSA) is 82.0 Å². The van der Waals surface area contributed by atoms with E-state index in [1.807, 2.05) is 7.05 Å². The fourth-order valence-electron chi connectivity index (χ4n) is 4.58. The number of carbonyl (C=O) groups excluding carboxylic acids is 1. The molecule has 1 saturated heterocycles. The number of aliphatic hydroxyl groups is 1. The molecule has 1 aromatic heterocycles. The summed E-state index contributed by atoms with van der Waals surface area (Å²) in [6.07, 6.45) is 3.68. The molecule has 0 bridgehead atoms. The number of β-amino-alcohol motifs (C(OH)–C–C–N with tert-alkyl or cyclic N) is 1. The van der Waals surface area contributed by atoms with E-state index in [1.54, 1.807) is 18.0 Å². The van der Waals surface area contributed by atoms with Crippen molar-refractivity contribution in [2.24, 2.45) is 0 Å². The van der Waals surface area contributed by atoms with Gasteiger partial charge in [0.2, 0.25) is 0 Å². The first-order valence-electron chi connectivity index (χ1n) is 11.4. The summed E-state index contributed by atoms with van der Waals surface area (Å²) in [5.74, 6) is 0.522. The molecule has 32 heavy (non-hydrogen) atoms. The van der Waals surface area contributed by atoms with Crippen molar-refractivity contribution in [3.63, 3.8) is 0 Å². The van der Waals surface area contributed by atoms with Gasteiger partial charge >= 0.3 is 0 Å². The van der Waals surface area contributed by atoms with Gasteiger partial charge in [-0.25, -0.2) is 9.97 Å². The molecule has 172 valence electrons. The van der Waals surface area contributed by atoms with Crippen molar-refractivity contribution < 1.29 is 14.6 Å². The Bertz CT molecular complexity index is 918. The smallest absolute Gasteiger partial charge is 0.272 e. The van der Waals surface area contributed by atoms with E-state index in [-0.39, 0.29) is 12.5 Å². The minimum absolute atomic E-state index is 0.211. The van der Waals surface area contributed by atoms with Crippen LogP contribution in [0, 0.1) is 0 Å². The molecule has 4 rings (SSSR count). The Balaban J connectivity index is 1.32. The second-order valence-corrected chi connectivity index (χ2v) is 8.81. The largest absolute Gasteiger partial charge is 0.390 e. The molecule has 2 aliphatic rings. The molecular formula is C24H33N5O3. The molecule has 1 fully saturated rings. The molecule has 1 N–H and O–H groups in total. The fraction of sp³-hybridized carbons (Fsp3) is 0.542. The van der Waals surface area contributed by atoms with Crippen LogP contribution in [0.5, 0.6) is 0 Å². The van der Waals surface area contributed by atoms with Crippen molar-refractivity contribution in [3.8, 4) is 0 Å². The highest BCUT2D eigenvalue weighted by atomic mass is 16.5. The van der Waals surface area contributed by atoms with Crippen LogP contribution in [-0.2, 0) is 17.7 Å². The number of hydrogen-bond acceptors (Lipinski definition) is 7. The molecule has 0 spiro atoms. The predicted octanol–water partition coefficient (Wildman–Crippen LogP) is 1.58. The summed E-state index contributed by atoms with van der Waals surface area (Å²) in [5, 5.41) is 10.6. The summed E-state index contributed by atoms with van der Waals surface area (Å²) in [6, 6.07) is 10.5. The number of aliphatic hydroxyl groups excluding tert-OH is 1. The Morgan fingerprint density at radius 1 is 1.22 bits per heavy atom. The van der Waals surface area contributed by atoms with Crippen LogP contribution < -0.4 is 4.90 Å². The molecule has 8 heteroatoms. The zero-order valence-electron chi connectivity index (χ0n) is 19.0. The van der Waals surface area contributed by atoms with Crippen LogP contribution in [-0.4, -0.2) is 89.9 Å². The Morgan fingerprint density at radius 2 is 1.97 bits per heavy atom. The van der Waals surface area contributed by atoms with Crippen molar-refractivity contribution in [2.75, 3.05) is 51.8 Å². The van der Waals surface area contributed by atoms with Crippen LogP contribution in [0.25, 0.3) is 0 Å². The Morgan fingerprint density at radius 3 is 2.75 bits per heavy atom. The van der Waals surface area contributed by atoms with E-state index >= 15 is 0 Å². The van der Waals surface area contributed by atoms with Crippen molar-refractivity contribution in [2.45, 2.75) is 38.0 Å². The second-order valence-electron chi connectivity index (χ2n) is 8.81. The van der Waals surface area contributed by atoms with Gasteiger partial charge < -0.3 is 19.6 Å². The minimum atomic E-state index is -0.625. The molecule has 0 unspecified atom stereocenters. The lowest BCUT2D eigenvalue weighted by Gasteiger charge is -2.32. The quantitative estimate of drug-likeness (QED) is 0.701. The van der Waals surface area contributed by atoms with Gasteiger partial charge in [-0.1, -0.05) is 24.3 Å². The molecule has 8 nitrogen and oxygen atoms in total. The Labute approximate surface area is 189 Å². The second kappa shape index (κ2) is 10.4. The third-order valence-electron chi connectivity index (χ3n) is 6.48. The summed E-state index contributed by atoms with van der Waals surface area (Å²) in [6.45, 7) is 4.03. The number of likely N-dealkylation sites (N-methyl/N-ethyl adjacent to an activating group) is 1. The van der Waals surface area contributed by atoms with Crippen molar-refractivity contribution in [3.05, 3.63) is 53.5 Å².